The Kier molecular flexibility index (Phi) is 8.42. The number of anilines is 2. The number of hydrogen-bond acceptors (Lipinski definition) is 7. The standard InChI is InChI=1S/C29H28F6N6O3/c30-28(31,32)22-16-20(4-7-23(22)42)38-26(44)27(29(33,34)35)8-11-39(18-27)17-24(43)41-14-12-40(13-15-41)21-5-2-19(3-6-21)25-36-9-1-10-37-25/h1-7,9-10,16,42H,8,11-15,17-18H2,(H,38,44). The van der Waals surface area contributed by atoms with Crippen molar-refractivity contribution in [3.05, 3.63) is 66.5 Å². The molecular weight excluding hydrogens is 594 g/mol. The van der Waals surface area contributed by atoms with Crippen molar-refractivity contribution >= 4 is 23.2 Å². The van der Waals surface area contributed by atoms with Gasteiger partial charge in [-0.05, 0) is 55.0 Å². The lowest BCUT2D eigenvalue weighted by Crippen LogP contribution is -2.52. The number of carbonyl (C=O) groups excluding carboxylic acids is 2. The van der Waals surface area contributed by atoms with Crippen LogP contribution < -0.4 is 10.2 Å². The van der Waals surface area contributed by atoms with Gasteiger partial charge in [-0.3, -0.25) is 14.5 Å². The number of carbonyl (C=O) groups is 2. The van der Waals surface area contributed by atoms with Crippen molar-refractivity contribution in [2.75, 3.05) is 56.0 Å². The molecule has 3 aromatic rings. The normalized spacial score (nSPS) is 19.7. The number of aromatic nitrogens is 2. The van der Waals surface area contributed by atoms with Gasteiger partial charge >= 0.3 is 12.4 Å². The number of rotatable bonds is 6. The van der Waals surface area contributed by atoms with Gasteiger partial charge in [0.05, 0.1) is 12.1 Å². The smallest absolute Gasteiger partial charge is 0.420 e. The number of nitrogens with zero attached hydrogens (tertiary/aromatic N) is 5. The van der Waals surface area contributed by atoms with Crippen LogP contribution in [0.15, 0.2) is 60.9 Å². The zero-order chi connectivity index (χ0) is 31.7. The largest absolute Gasteiger partial charge is 0.507 e. The van der Waals surface area contributed by atoms with Crippen molar-refractivity contribution in [1.29, 1.82) is 0 Å². The predicted molar refractivity (Wildman–Crippen MR) is 148 cm³/mol. The molecule has 2 saturated heterocycles. The Bertz CT molecular complexity index is 1490. The molecule has 0 aliphatic carbocycles. The third-order valence-electron chi connectivity index (χ3n) is 7.93. The van der Waals surface area contributed by atoms with Crippen LogP contribution in [0.4, 0.5) is 37.7 Å². The van der Waals surface area contributed by atoms with Crippen LogP contribution >= 0.6 is 0 Å². The number of alkyl halides is 6. The second kappa shape index (κ2) is 11.9. The van der Waals surface area contributed by atoms with Gasteiger partial charge < -0.3 is 20.2 Å². The molecule has 0 bridgehead atoms. The molecule has 2 aromatic carbocycles. The second-order valence-corrected chi connectivity index (χ2v) is 10.7. The minimum Gasteiger partial charge on any atom is -0.507 e. The van der Waals surface area contributed by atoms with Crippen LogP contribution in [-0.2, 0) is 15.8 Å². The minimum atomic E-state index is -5.04. The summed E-state index contributed by atoms with van der Waals surface area (Å²) in [6.45, 7) is 0.347. The lowest BCUT2D eigenvalue weighted by Gasteiger charge is -2.37. The van der Waals surface area contributed by atoms with Gasteiger partial charge in [0.2, 0.25) is 11.8 Å². The Morgan fingerprint density at radius 3 is 2.18 bits per heavy atom. The van der Waals surface area contributed by atoms with Crippen LogP contribution in [0.1, 0.15) is 12.0 Å². The molecule has 1 atom stereocenters. The lowest BCUT2D eigenvalue weighted by atomic mass is 9.85. The molecule has 1 aromatic heterocycles. The van der Waals surface area contributed by atoms with Gasteiger partial charge in [0.15, 0.2) is 11.2 Å². The predicted octanol–water partition coefficient (Wildman–Crippen LogP) is 4.41. The highest BCUT2D eigenvalue weighted by atomic mass is 19.4. The summed E-state index contributed by atoms with van der Waals surface area (Å²) < 4.78 is 82.2. The van der Waals surface area contributed by atoms with Crippen molar-refractivity contribution < 1.29 is 41.0 Å². The summed E-state index contributed by atoms with van der Waals surface area (Å²) in [7, 11) is 0. The molecular formula is C29H28F6N6O3. The number of likely N-dealkylation sites (tertiary alicyclic amines) is 1. The molecule has 44 heavy (non-hydrogen) atoms. The molecule has 2 fully saturated rings. The number of phenolic OH excluding ortho intramolecular Hbond substituents is 1. The van der Waals surface area contributed by atoms with Gasteiger partial charge in [-0.1, -0.05) is 0 Å². The first-order chi connectivity index (χ1) is 20.8. The van der Waals surface area contributed by atoms with Gasteiger partial charge in [0.1, 0.15) is 5.75 Å². The Morgan fingerprint density at radius 2 is 1.57 bits per heavy atom. The summed E-state index contributed by atoms with van der Waals surface area (Å²) in [5.41, 5.74) is -3.17. The number of piperazine rings is 1. The molecule has 0 spiro atoms. The van der Waals surface area contributed by atoms with Gasteiger partial charge in [-0.25, -0.2) is 9.97 Å². The van der Waals surface area contributed by atoms with E-state index in [-0.39, 0.29) is 19.0 Å². The molecule has 2 aliphatic heterocycles. The zero-order valence-corrected chi connectivity index (χ0v) is 23.2. The van der Waals surface area contributed by atoms with Crippen LogP contribution in [0.3, 0.4) is 0 Å². The zero-order valence-electron chi connectivity index (χ0n) is 23.2. The molecule has 0 radical (unpaired) electrons. The summed E-state index contributed by atoms with van der Waals surface area (Å²) in [5, 5.41) is 11.4. The van der Waals surface area contributed by atoms with E-state index in [1.165, 1.54) is 4.90 Å². The summed E-state index contributed by atoms with van der Waals surface area (Å²) >= 11 is 0. The van der Waals surface area contributed by atoms with Crippen LogP contribution in [0, 0.1) is 5.41 Å². The summed E-state index contributed by atoms with van der Waals surface area (Å²) in [5.74, 6) is -2.44. The maximum Gasteiger partial charge on any atom is 0.420 e. The van der Waals surface area contributed by atoms with E-state index in [0.717, 1.165) is 17.3 Å². The van der Waals surface area contributed by atoms with Gasteiger partial charge in [-0.15, -0.1) is 0 Å². The molecule has 5 rings (SSSR count). The number of benzene rings is 2. The van der Waals surface area contributed by atoms with E-state index >= 15 is 0 Å². The van der Waals surface area contributed by atoms with E-state index in [2.05, 4.69) is 14.9 Å². The van der Waals surface area contributed by atoms with E-state index in [4.69, 9.17) is 0 Å². The maximum absolute atomic E-state index is 14.3. The average Bonchev–Trinajstić information content (AvgIpc) is 3.44. The van der Waals surface area contributed by atoms with E-state index in [1.54, 1.807) is 23.4 Å². The fourth-order valence-electron chi connectivity index (χ4n) is 5.44. The second-order valence-electron chi connectivity index (χ2n) is 10.7. The van der Waals surface area contributed by atoms with Gasteiger partial charge in [-0.2, -0.15) is 26.3 Å². The van der Waals surface area contributed by atoms with Gasteiger partial charge in [0.25, 0.3) is 0 Å². The van der Waals surface area contributed by atoms with Crippen molar-refractivity contribution in [1.82, 2.24) is 19.8 Å². The molecule has 3 heterocycles. The first-order valence-corrected chi connectivity index (χ1v) is 13.7. The minimum absolute atomic E-state index is 0.209. The highest BCUT2D eigenvalue weighted by Crippen LogP contribution is 2.46. The van der Waals surface area contributed by atoms with Gasteiger partial charge in [0, 0.05) is 68.6 Å². The Hall–Kier alpha value is -4.40. The molecule has 2 N–H and O–H groups in total. The quantitative estimate of drug-likeness (QED) is 0.310. The third-order valence-corrected chi connectivity index (χ3v) is 7.93. The molecule has 15 heteroatoms. The maximum atomic E-state index is 14.3. The van der Waals surface area contributed by atoms with Crippen LogP contribution in [0.2, 0.25) is 0 Å². The number of nitrogens with one attached hydrogen (secondary N) is 1. The fraction of sp³-hybridized carbons (Fsp3) is 0.379. The Balaban J connectivity index is 1.18. The summed E-state index contributed by atoms with van der Waals surface area (Å²) in [6, 6.07) is 11.3. The topological polar surface area (TPSA) is 102 Å². The van der Waals surface area contributed by atoms with Crippen molar-refractivity contribution in [2.24, 2.45) is 5.41 Å². The molecule has 234 valence electrons. The van der Waals surface area contributed by atoms with Crippen LogP contribution in [0.25, 0.3) is 11.4 Å². The third kappa shape index (κ3) is 6.42. The fourth-order valence-corrected chi connectivity index (χ4v) is 5.44. The average molecular weight is 623 g/mol. The van der Waals surface area contributed by atoms with E-state index in [9.17, 15) is 41.0 Å². The number of aromatic hydroxyl groups is 1. The number of amides is 2. The van der Waals surface area contributed by atoms with Crippen LogP contribution in [-0.4, -0.2) is 88.7 Å². The highest BCUT2D eigenvalue weighted by molar-refractivity contribution is 5.96. The molecule has 0 saturated carbocycles. The SMILES string of the molecule is O=C(CN1CCC(C(=O)Nc2ccc(O)c(C(F)(F)F)c2)(C(F)(F)F)C1)N1CCN(c2ccc(-c3ncccn3)cc2)CC1. The number of hydrogen-bond donors (Lipinski definition) is 2. The van der Waals surface area contributed by atoms with E-state index < -0.39 is 53.6 Å². The number of halogens is 6. The molecule has 2 aliphatic rings. The van der Waals surface area contributed by atoms with E-state index in [0.29, 0.717) is 44.1 Å². The first-order valence-electron chi connectivity index (χ1n) is 13.7. The van der Waals surface area contributed by atoms with Crippen molar-refractivity contribution in [3.63, 3.8) is 0 Å². The highest BCUT2D eigenvalue weighted by Gasteiger charge is 2.63. The molecule has 9 nitrogen and oxygen atoms in total. The Labute approximate surface area is 248 Å². The molecule has 2 amide bonds. The van der Waals surface area contributed by atoms with Crippen LogP contribution in [0.5, 0.6) is 5.75 Å². The Morgan fingerprint density at radius 1 is 0.909 bits per heavy atom. The van der Waals surface area contributed by atoms with E-state index in [1.807, 2.05) is 29.6 Å². The first kappa shape index (κ1) is 31.0. The van der Waals surface area contributed by atoms with Crippen molar-refractivity contribution in [3.8, 4) is 17.1 Å². The van der Waals surface area contributed by atoms with Crippen molar-refractivity contribution in [2.45, 2.75) is 18.8 Å². The monoisotopic (exact) mass is 622 g/mol. The summed E-state index contributed by atoms with van der Waals surface area (Å²) in [6.07, 6.45) is -7.38. The summed E-state index contributed by atoms with van der Waals surface area (Å²) in [4.78, 5) is 39.3. The lowest BCUT2D eigenvalue weighted by molar-refractivity contribution is -0.215. The number of phenols is 1. The molecule has 1 unspecified atom stereocenters.